The Labute approximate surface area is 570 Å². The van der Waals surface area contributed by atoms with Crippen molar-refractivity contribution < 1.29 is 42.1 Å². The number of quaternary nitrogens is 1. The summed E-state index contributed by atoms with van der Waals surface area (Å²) in [5.41, 5.74) is 0. The normalized spacial score (nSPS) is 13.6. The van der Waals surface area contributed by atoms with Crippen LogP contribution in [0.1, 0.15) is 361 Å². The average molecular weight is 1310 g/mol. The Balaban J connectivity index is 3.94. The van der Waals surface area contributed by atoms with Crippen LogP contribution in [0.25, 0.3) is 0 Å². The molecule has 534 valence electrons. The number of carbonyl (C=O) groups is 2. The number of allylic oxidation sites excluding steroid dienone is 16. The summed E-state index contributed by atoms with van der Waals surface area (Å²) >= 11 is 0. The van der Waals surface area contributed by atoms with Crippen molar-refractivity contribution in [1.82, 2.24) is 0 Å². The van der Waals surface area contributed by atoms with Gasteiger partial charge in [0.1, 0.15) is 19.8 Å². The monoisotopic (exact) mass is 1310 g/mol. The van der Waals surface area contributed by atoms with E-state index in [0.29, 0.717) is 17.4 Å². The molecule has 0 aliphatic rings. The van der Waals surface area contributed by atoms with Crippen LogP contribution in [-0.2, 0) is 32.7 Å². The molecule has 92 heavy (non-hydrogen) atoms. The van der Waals surface area contributed by atoms with Crippen LogP contribution < -0.4 is 0 Å². The molecule has 0 bridgehead atoms. The first-order valence-corrected chi connectivity index (χ1v) is 40.5. The minimum atomic E-state index is -4.40. The molecule has 0 aliphatic heterocycles. The summed E-state index contributed by atoms with van der Waals surface area (Å²) in [4.78, 5) is 36.0. The van der Waals surface area contributed by atoms with Gasteiger partial charge in [0.25, 0.3) is 0 Å². The predicted molar refractivity (Wildman–Crippen MR) is 399 cm³/mol. The number of phosphoric acid groups is 1. The smallest absolute Gasteiger partial charge is 0.462 e. The van der Waals surface area contributed by atoms with Gasteiger partial charge in [-0.05, 0) is 96.3 Å². The summed E-state index contributed by atoms with van der Waals surface area (Å²) in [5, 5.41) is 0. The molecule has 0 saturated heterocycles. The van der Waals surface area contributed by atoms with Crippen LogP contribution in [-0.4, -0.2) is 74.9 Å². The molecule has 10 heteroatoms. The van der Waals surface area contributed by atoms with Gasteiger partial charge in [-0.1, -0.05) is 349 Å². The fourth-order valence-electron chi connectivity index (χ4n) is 11.2. The highest BCUT2D eigenvalue weighted by Gasteiger charge is 2.27. The highest BCUT2D eigenvalue weighted by molar-refractivity contribution is 7.47. The third-order valence-corrected chi connectivity index (χ3v) is 18.1. The minimum Gasteiger partial charge on any atom is -0.462 e. The van der Waals surface area contributed by atoms with Gasteiger partial charge >= 0.3 is 19.8 Å². The molecule has 0 spiro atoms. The van der Waals surface area contributed by atoms with Crippen molar-refractivity contribution in [3.05, 3.63) is 97.2 Å². The lowest BCUT2D eigenvalue weighted by Crippen LogP contribution is -2.37. The second kappa shape index (κ2) is 72.2. The lowest BCUT2D eigenvalue weighted by Gasteiger charge is -2.24. The Morgan fingerprint density at radius 2 is 0.620 bits per heavy atom. The number of phosphoric ester groups is 1. The summed E-state index contributed by atoms with van der Waals surface area (Å²) in [6.07, 6.45) is 101. The average Bonchev–Trinajstić information content (AvgIpc) is 2.14. The highest BCUT2D eigenvalue weighted by Crippen LogP contribution is 2.43. The molecule has 0 heterocycles. The zero-order valence-electron chi connectivity index (χ0n) is 61.0. The van der Waals surface area contributed by atoms with E-state index in [1.54, 1.807) is 0 Å². The first kappa shape index (κ1) is 88.9. The van der Waals surface area contributed by atoms with E-state index in [1.807, 2.05) is 21.1 Å². The Bertz CT molecular complexity index is 1880. The first-order valence-electron chi connectivity index (χ1n) is 39.0. The minimum absolute atomic E-state index is 0.0302. The molecule has 0 aromatic rings. The fraction of sp³-hybridized carbons (Fsp3) is 0.780. The van der Waals surface area contributed by atoms with Crippen molar-refractivity contribution in [2.75, 3.05) is 47.5 Å². The van der Waals surface area contributed by atoms with E-state index < -0.39 is 26.5 Å². The fourth-order valence-corrected chi connectivity index (χ4v) is 11.9. The second-order valence-corrected chi connectivity index (χ2v) is 28.8. The highest BCUT2D eigenvalue weighted by atomic mass is 31.2. The molecule has 0 saturated carbocycles. The third-order valence-electron chi connectivity index (χ3n) is 17.1. The molecule has 0 aliphatic carbocycles. The molecule has 0 amide bonds. The van der Waals surface area contributed by atoms with Crippen molar-refractivity contribution in [1.29, 1.82) is 0 Å². The topological polar surface area (TPSA) is 108 Å². The van der Waals surface area contributed by atoms with E-state index in [2.05, 4.69) is 111 Å². The lowest BCUT2D eigenvalue weighted by molar-refractivity contribution is -0.870. The lowest BCUT2D eigenvalue weighted by atomic mass is 10.0. The summed E-state index contributed by atoms with van der Waals surface area (Å²) < 4.78 is 34.8. The van der Waals surface area contributed by atoms with Crippen molar-refractivity contribution >= 4 is 19.8 Å². The predicted octanol–water partition coefficient (Wildman–Crippen LogP) is 25.8. The molecule has 2 unspecified atom stereocenters. The van der Waals surface area contributed by atoms with Gasteiger partial charge in [0.05, 0.1) is 27.7 Å². The van der Waals surface area contributed by atoms with Crippen molar-refractivity contribution in [3.63, 3.8) is 0 Å². The molecule has 0 aromatic heterocycles. The number of hydrogen-bond donors (Lipinski definition) is 1. The maximum atomic E-state index is 12.9. The van der Waals surface area contributed by atoms with E-state index in [0.717, 1.165) is 83.5 Å². The number of rotatable bonds is 72. The van der Waals surface area contributed by atoms with E-state index >= 15 is 0 Å². The number of likely N-dealkylation sites (N-methyl/N-ethyl adjacent to an activating group) is 1. The molecule has 0 aromatic carbocycles. The number of unbranched alkanes of at least 4 members (excludes halogenated alkanes) is 42. The molecule has 1 N–H and O–H groups in total. The molecule has 9 nitrogen and oxygen atoms in total. The standard InChI is InChI=1S/C82H148NO8P/c1-6-8-10-12-14-16-18-20-22-24-26-28-30-32-34-36-37-38-39-40-41-42-43-44-45-47-48-50-52-54-56-58-60-62-64-66-68-70-72-74-81(84)88-78-80(79-90-92(86,87)89-77-76-83(3,4)5)91-82(85)75-73-71-69-67-65-63-61-59-57-55-53-51-49-46-35-33-31-29-27-25-23-21-19-17-15-13-11-9-7-2/h9,11,15,17-18,20-21,23-24,26-27,29-30,32-33,35,80H,6-8,10,12-14,16,19,22,25,28,31,34,36-79H2,1-5H3/p+1/b11-9-,17-15-,20-18-,23-21-,26-24-,29-27-,32-30-,35-33-. The molecule has 0 rings (SSSR count). The summed E-state index contributed by atoms with van der Waals surface area (Å²) in [6.45, 7) is 4.35. The Morgan fingerprint density at radius 3 is 0.924 bits per heavy atom. The molecule has 0 fully saturated rings. The third kappa shape index (κ3) is 76.0. The van der Waals surface area contributed by atoms with E-state index in [1.165, 1.54) is 244 Å². The van der Waals surface area contributed by atoms with Gasteiger partial charge < -0.3 is 18.9 Å². The van der Waals surface area contributed by atoms with Gasteiger partial charge in [0.2, 0.25) is 0 Å². The van der Waals surface area contributed by atoms with Gasteiger partial charge in [0.15, 0.2) is 6.10 Å². The van der Waals surface area contributed by atoms with Gasteiger partial charge in [-0.3, -0.25) is 18.6 Å². The molecular formula is C82H149NO8P+. The second-order valence-electron chi connectivity index (χ2n) is 27.4. The van der Waals surface area contributed by atoms with Crippen molar-refractivity contribution in [3.8, 4) is 0 Å². The largest absolute Gasteiger partial charge is 0.472 e. The number of carbonyl (C=O) groups excluding carboxylic acids is 2. The van der Waals surface area contributed by atoms with Crippen LogP contribution in [0.2, 0.25) is 0 Å². The summed E-state index contributed by atoms with van der Waals surface area (Å²) in [5.74, 6) is -0.786. The van der Waals surface area contributed by atoms with Crippen LogP contribution >= 0.6 is 7.82 Å². The first-order chi connectivity index (χ1) is 45.0. The Morgan fingerprint density at radius 1 is 0.348 bits per heavy atom. The maximum Gasteiger partial charge on any atom is 0.472 e. The molecular weight excluding hydrogens is 1160 g/mol. The van der Waals surface area contributed by atoms with E-state index in [-0.39, 0.29) is 32.0 Å². The van der Waals surface area contributed by atoms with Gasteiger partial charge in [0, 0.05) is 12.8 Å². The van der Waals surface area contributed by atoms with Crippen LogP contribution in [0.5, 0.6) is 0 Å². The van der Waals surface area contributed by atoms with Crippen LogP contribution in [0.4, 0.5) is 0 Å². The molecule has 2 atom stereocenters. The van der Waals surface area contributed by atoms with Gasteiger partial charge in [-0.15, -0.1) is 0 Å². The van der Waals surface area contributed by atoms with Gasteiger partial charge in [-0.2, -0.15) is 0 Å². The van der Waals surface area contributed by atoms with Crippen LogP contribution in [0.3, 0.4) is 0 Å². The Hall–Kier alpha value is -3.07. The SMILES string of the molecule is CC/C=C\C/C=C\C/C=C\C/C=C\C/C=C\CCCCCCCCCCCCCCCC(=O)OC(COC(=O)CCCCCCCCCCCCCCCCCCCCCCCCCC/C=C\C/C=C\C/C=C\CCCCCCC)COP(=O)(O)OCC[N+](C)(C)C. The zero-order chi connectivity index (χ0) is 66.9. The number of ether oxygens (including phenoxy) is 2. The summed E-state index contributed by atoms with van der Waals surface area (Å²) in [7, 11) is 1.48. The quantitative estimate of drug-likeness (QED) is 0.0211. The Kier molecular flexibility index (Phi) is 69.8. The van der Waals surface area contributed by atoms with E-state index in [9.17, 15) is 19.0 Å². The van der Waals surface area contributed by atoms with Gasteiger partial charge in [-0.25, -0.2) is 4.57 Å². The maximum absolute atomic E-state index is 12.9. The van der Waals surface area contributed by atoms with Crippen LogP contribution in [0, 0.1) is 0 Å². The van der Waals surface area contributed by atoms with Crippen molar-refractivity contribution in [2.24, 2.45) is 0 Å². The van der Waals surface area contributed by atoms with Crippen LogP contribution in [0.15, 0.2) is 97.2 Å². The number of esters is 2. The number of nitrogens with zero attached hydrogens (tertiary/aromatic N) is 1. The van der Waals surface area contributed by atoms with E-state index in [4.69, 9.17) is 18.5 Å². The van der Waals surface area contributed by atoms with Crippen molar-refractivity contribution in [2.45, 2.75) is 367 Å². The molecule has 0 radical (unpaired) electrons. The summed E-state index contributed by atoms with van der Waals surface area (Å²) in [6, 6.07) is 0. The number of hydrogen-bond acceptors (Lipinski definition) is 7. The zero-order valence-corrected chi connectivity index (χ0v) is 61.9.